The number of anilines is 1. The fraction of sp³-hybridized carbons (Fsp3) is 0.381. The third-order valence-electron chi connectivity index (χ3n) is 5.28. The summed E-state index contributed by atoms with van der Waals surface area (Å²) >= 11 is 3.87. The van der Waals surface area contributed by atoms with E-state index in [1.165, 1.54) is 9.87 Å². The Kier molecular flexibility index (Phi) is 6.74. The van der Waals surface area contributed by atoms with Gasteiger partial charge in [-0.1, -0.05) is 12.1 Å². The molecule has 9 heteroatoms. The Hall–Kier alpha value is -1.52. The van der Waals surface area contributed by atoms with Crippen molar-refractivity contribution in [3.05, 3.63) is 59.7 Å². The van der Waals surface area contributed by atoms with Gasteiger partial charge in [0.1, 0.15) is 0 Å². The molecule has 0 bridgehead atoms. The van der Waals surface area contributed by atoms with Crippen LogP contribution in [0.2, 0.25) is 0 Å². The molecule has 2 aromatic carbocycles. The highest BCUT2D eigenvalue weighted by molar-refractivity contribution is 8.19. The lowest BCUT2D eigenvalue weighted by Gasteiger charge is -2.31. The van der Waals surface area contributed by atoms with Crippen molar-refractivity contribution in [1.82, 2.24) is 9.21 Å². The van der Waals surface area contributed by atoms with E-state index >= 15 is 0 Å². The standard InChI is InChI=1S/C21H25N3O3S3/c1-23-10-12-24(13-11-23)30(26,27)19-8-6-18(7-9-19)22-20(25)16-2-4-17(5-3-16)21-28-14-15-29-21/h2-9,21H,10-15H2,1H3,(H,22,25). The number of likely N-dealkylation sites (N-methyl/N-ethyl adjacent to an activating group) is 1. The molecule has 0 aromatic heterocycles. The highest BCUT2D eigenvalue weighted by Crippen LogP contribution is 2.45. The Morgan fingerprint density at radius 2 is 1.53 bits per heavy atom. The largest absolute Gasteiger partial charge is 0.322 e. The summed E-state index contributed by atoms with van der Waals surface area (Å²) in [5, 5.41) is 2.85. The minimum absolute atomic E-state index is 0.206. The second-order valence-corrected chi connectivity index (χ2v) is 12.0. The molecule has 0 aliphatic carbocycles. The van der Waals surface area contributed by atoms with Gasteiger partial charge in [-0.15, -0.1) is 23.5 Å². The van der Waals surface area contributed by atoms with Gasteiger partial charge < -0.3 is 10.2 Å². The highest BCUT2D eigenvalue weighted by Gasteiger charge is 2.27. The number of nitrogens with zero attached hydrogens (tertiary/aromatic N) is 2. The average Bonchev–Trinajstić information content (AvgIpc) is 3.29. The summed E-state index contributed by atoms with van der Waals surface area (Å²) in [7, 11) is -1.52. The first-order chi connectivity index (χ1) is 14.4. The Morgan fingerprint density at radius 1 is 0.933 bits per heavy atom. The van der Waals surface area contributed by atoms with E-state index in [4.69, 9.17) is 0 Å². The van der Waals surface area contributed by atoms with E-state index in [9.17, 15) is 13.2 Å². The number of rotatable bonds is 5. The predicted molar refractivity (Wildman–Crippen MR) is 125 cm³/mol. The second kappa shape index (κ2) is 9.32. The maximum absolute atomic E-state index is 12.8. The summed E-state index contributed by atoms with van der Waals surface area (Å²) in [6.45, 7) is 2.44. The molecule has 160 valence electrons. The molecule has 2 saturated heterocycles. The van der Waals surface area contributed by atoms with E-state index in [0.717, 1.165) is 24.6 Å². The van der Waals surface area contributed by atoms with Crippen molar-refractivity contribution in [2.45, 2.75) is 9.48 Å². The van der Waals surface area contributed by atoms with E-state index in [0.29, 0.717) is 28.9 Å². The Balaban J connectivity index is 1.40. The number of piperazine rings is 1. The fourth-order valence-corrected chi connectivity index (χ4v) is 7.72. The topological polar surface area (TPSA) is 69.7 Å². The van der Waals surface area contributed by atoms with Crippen molar-refractivity contribution in [3.63, 3.8) is 0 Å². The normalized spacial score (nSPS) is 19.1. The van der Waals surface area contributed by atoms with Crippen molar-refractivity contribution in [2.75, 3.05) is 50.0 Å². The maximum atomic E-state index is 12.8. The number of amides is 1. The van der Waals surface area contributed by atoms with Gasteiger partial charge in [-0.3, -0.25) is 4.79 Å². The first kappa shape index (κ1) is 21.7. The van der Waals surface area contributed by atoms with Crippen LogP contribution in [0.15, 0.2) is 53.4 Å². The van der Waals surface area contributed by atoms with Crippen LogP contribution in [-0.4, -0.2) is 68.3 Å². The van der Waals surface area contributed by atoms with Crippen LogP contribution in [0.1, 0.15) is 20.5 Å². The van der Waals surface area contributed by atoms with Gasteiger partial charge in [0.2, 0.25) is 10.0 Å². The Morgan fingerprint density at radius 3 is 2.13 bits per heavy atom. The van der Waals surface area contributed by atoms with Crippen LogP contribution in [0.25, 0.3) is 0 Å². The first-order valence-electron chi connectivity index (χ1n) is 9.87. The van der Waals surface area contributed by atoms with Crippen molar-refractivity contribution in [2.24, 2.45) is 0 Å². The van der Waals surface area contributed by atoms with Crippen molar-refractivity contribution < 1.29 is 13.2 Å². The van der Waals surface area contributed by atoms with E-state index < -0.39 is 10.0 Å². The smallest absolute Gasteiger partial charge is 0.255 e. The van der Waals surface area contributed by atoms with Gasteiger partial charge in [0, 0.05) is 48.9 Å². The third-order valence-corrected chi connectivity index (χ3v) is 10.3. The fourth-order valence-electron chi connectivity index (χ4n) is 3.43. The van der Waals surface area contributed by atoms with Crippen LogP contribution in [0, 0.1) is 0 Å². The third kappa shape index (κ3) is 4.86. The number of carbonyl (C=O) groups excluding carboxylic acids is 1. The molecular weight excluding hydrogens is 438 g/mol. The van der Waals surface area contributed by atoms with Crippen LogP contribution in [0.4, 0.5) is 5.69 Å². The minimum Gasteiger partial charge on any atom is -0.322 e. The van der Waals surface area contributed by atoms with Gasteiger partial charge in [0.05, 0.1) is 9.48 Å². The van der Waals surface area contributed by atoms with E-state index in [1.807, 2.05) is 54.8 Å². The summed E-state index contributed by atoms with van der Waals surface area (Å²) in [5.74, 6) is 2.12. The molecule has 2 aromatic rings. The summed E-state index contributed by atoms with van der Waals surface area (Å²) < 4.78 is 27.6. The molecule has 0 spiro atoms. The lowest BCUT2D eigenvalue weighted by Crippen LogP contribution is -2.46. The minimum atomic E-state index is -3.51. The summed E-state index contributed by atoms with van der Waals surface area (Å²) in [5.41, 5.74) is 2.39. The molecule has 0 saturated carbocycles. The quantitative estimate of drug-likeness (QED) is 0.733. The van der Waals surface area contributed by atoms with Crippen molar-refractivity contribution >= 4 is 45.1 Å². The Labute approximate surface area is 186 Å². The van der Waals surface area contributed by atoms with E-state index in [2.05, 4.69) is 10.2 Å². The number of nitrogens with one attached hydrogen (secondary N) is 1. The molecule has 2 aliphatic rings. The molecule has 1 amide bonds. The SMILES string of the molecule is CN1CCN(S(=O)(=O)c2ccc(NC(=O)c3ccc(C4SCCS4)cc3)cc2)CC1. The molecule has 6 nitrogen and oxygen atoms in total. The predicted octanol–water partition coefficient (Wildman–Crippen LogP) is 3.35. The zero-order chi connectivity index (χ0) is 21.1. The monoisotopic (exact) mass is 463 g/mol. The molecule has 0 atom stereocenters. The lowest BCUT2D eigenvalue weighted by atomic mass is 10.1. The number of hydrogen-bond acceptors (Lipinski definition) is 6. The van der Waals surface area contributed by atoms with E-state index in [1.54, 1.807) is 24.3 Å². The van der Waals surface area contributed by atoms with Crippen LogP contribution in [0.5, 0.6) is 0 Å². The van der Waals surface area contributed by atoms with Crippen molar-refractivity contribution in [1.29, 1.82) is 0 Å². The van der Waals surface area contributed by atoms with Crippen LogP contribution < -0.4 is 5.32 Å². The van der Waals surface area contributed by atoms with E-state index in [-0.39, 0.29) is 10.8 Å². The molecule has 2 heterocycles. The summed E-state index contributed by atoms with van der Waals surface area (Å²) in [4.78, 5) is 14.9. The number of thioether (sulfide) groups is 2. The molecule has 4 rings (SSSR count). The lowest BCUT2D eigenvalue weighted by molar-refractivity contribution is 0.102. The van der Waals surface area contributed by atoms with Gasteiger partial charge in [-0.05, 0) is 49.0 Å². The molecule has 0 radical (unpaired) electrons. The van der Waals surface area contributed by atoms with Gasteiger partial charge >= 0.3 is 0 Å². The van der Waals surface area contributed by atoms with Gasteiger partial charge in [-0.2, -0.15) is 4.31 Å². The molecule has 2 aliphatic heterocycles. The van der Waals surface area contributed by atoms with Crippen LogP contribution in [0.3, 0.4) is 0 Å². The van der Waals surface area contributed by atoms with Gasteiger partial charge in [0.25, 0.3) is 5.91 Å². The number of hydrogen-bond donors (Lipinski definition) is 1. The van der Waals surface area contributed by atoms with Gasteiger partial charge in [-0.25, -0.2) is 8.42 Å². The summed E-state index contributed by atoms with van der Waals surface area (Å²) in [6.07, 6.45) is 0. The van der Waals surface area contributed by atoms with Crippen molar-refractivity contribution in [3.8, 4) is 0 Å². The average molecular weight is 464 g/mol. The molecule has 1 N–H and O–H groups in total. The number of carbonyl (C=O) groups is 1. The zero-order valence-electron chi connectivity index (χ0n) is 16.8. The van der Waals surface area contributed by atoms with Crippen LogP contribution in [-0.2, 0) is 10.0 Å². The number of sulfonamides is 1. The highest BCUT2D eigenvalue weighted by atomic mass is 32.2. The first-order valence-corrected chi connectivity index (χ1v) is 13.4. The van der Waals surface area contributed by atoms with Gasteiger partial charge in [0.15, 0.2) is 0 Å². The van der Waals surface area contributed by atoms with Crippen LogP contribution >= 0.6 is 23.5 Å². The molecule has 0 unspecified atom stereocenters. The molecular formula is C21H25N3O3S3. The number of benzene rings is 2. The Bertz CT molecular complexity index is 980. The molecule has 30 heavy (non-hydrogen) atoms. The second-order valence-electron chi connectivity index (χ2n) is 7.38. The summed E-state index contributed by atoms with van der Waals surface area (Å²) in [6, 6.07) is 14.1. The molecule has 2 fully saturated rings. The zero-order valence-corrected chi connectivity index (χ0v) is 19.2. The maximum Gasteiger partial charge on any atom is 0.255 e.